The molecule has 0 radical (unpaired) electrons. The Balaban J connectivity index is 0.00000144. The number of benzene rings is 1. The predicted molar refractivity (Wildman–Crippen MR) is 105 cm³/mol. The largest absolute Gasteiger partial charge is 0.314 e. The lowest BCUT2D eigenvalue weighted by Gasteiger charge is -2.34. The highest BCUT2D eigenvalue weighted by Gasteiger charge is 2.24. The lowest BCUT2D eigenvalue weighted by atomic mass is 10.0. The molecule has 134 valence electrons. The number of sulfone groups is 1. The van der Waals surface area contributed by atoms with E-state index in [4.69, 9.17) is 0 Å². The minimum absolute atomic E-state index is 0. The fourth-order valence-electron chi connectivity index (χ4n) is 2.84. The Morgan fingerprint density at radius 1 is 1.08 bits per heavy atom. The van der Waals surface area contributed by atoms with E-state index in [9.17, 15) is 8.42 Å². The van der Waals surface area contributed by atoms with Crippen molar-refractivity contribution < 1.29 is 8.42 Å². The van der Waals surface area contributed by atoms with Gasteiger partial charge in [0.2, 0.25) is 0 Å². The van der Waals surface area contributed by atoms with Crippen LogP contribution in [-0.4, -0.2) is 45.8 Å². The number of thiophene rings is 1. The van der Waals surface area contributed by atoms with Crippen molar-refractivity contribution in [2.24, 2.45) is 0 Å². The van der Waals surface area contributed by atoms with Gasteiger partial charge in [-0.25, -0.2) is 8.42 Å². The number of hydrogen-bond acceptors (Lipinski definition) is 5. The maximum atomic E-state index is 11.6. The summed E-state index contributed by atoms with van der Waals surface area (Å²) >= 11 is 1.75. The summed E-state index contributed by atoms with van der Waals surface area (Å²) in [5.74, 6) is 0. The standard InChI is InChI=1S/C16H20N2O2S2.2ClH/c1-22(19,20)14-6-4-13(5-7-14)16(15-3-2-12-21-15)18-10-8-17-9-11-18;;/h2-7,12,16-17H,8-11H2,1H3;2*1H/t16-;;/m1../s1. The van der Waals surface area contributed by atoms with Gasteiger partial charge in [-0.2, -0.15) is 0 Å². The minimum Gasteiger partial charge on any atom is -0.314 e. The van der Waals surface area contributed by atoms with Gasteiger partial charge < -0.3 is 5.32 Å². The third-order valence-corrected chi connectivity index (χ3v) is 6.01. The highest BCUT2D eigenvalue weighted by atomic mass is 35.5. The zero-order chi connectivity index (χ0) is 15.6. The summed E-state index contributed by atoms with van der Waals surface area (Å²) in [4.78, 5) is 4.13. The monoisotopic (exact) mass is 408 g/mol. The molecule has 1 aliphatic rings. The van der Waals surface area contributed by atoms with Crippen molar-refractivity contribution in [3.8, 4) is 0 Å². The van der Waals surface area contributed by atoms with E-state index < -0.39 is 9.84 Å². The molecule has 3 rings (SSSR count). The van der Waals surface area contributed by atoms with Crippen molar-refractivity contribution in [2.75, 3.05) is 32.4 Å². The Morgan fingerprint density at radius 3 is 2.21 bits per heavy atom. The minimum atomic E-state index is -3.14. The van der Waals surface area contributed by atoms with Crippen molar-refractivity contribution >= 4 is 46.0 Å². The van der Waals surface area contributed by atoms with E-state index in [1.165, 1.54) is 11.1 Å². The average molecular weight is 409 g/mol. The molecule has 2 aromatic rings. The Morgan fingerprint density at radius 2 is 1.71 bits per heavy atom. The molecule has 24 heavy (non-hydrogen) atoms. The van der Waals surface area contributed by atoms with Crippen LogP contribution in [0.2, 0.25) is 0 Å². The third-order valence-electron chi connectivity index (χ3n) is 3.95. The zero-order valence-corrected chi connectivity index (χ0v) is 16.6. The van der Waals surface area contributed by atoms with Crippen LogP contribution in [0.5, 0.6) is 0 Å². The molecule has 1 aliphatic heterocycles. The van der Waals surface area contributed by atoms with E-state index in [0.717, 1.165) is 31.7 Å². The first kappa shape index (κ1) is 21.4. The van der Waals surface area contributed by atoms with E-state index in [0.29, 0.717) is 4.90 Å². The van der Waals surface area contributed by atoms with Gasteiger partial charge in [-0.1, -0.05) is 18.2 Å². The van der Waals surface area contributed by atoms with Gasteiger partial charge in [0.25, 0.3) is 0 Å². The van der Waals surface area contributed by atoms with Crippen LogP contribution in [0.4, 0.5) is 0 Å². The number of hydrogen-bond donors (Lipinski definition) is 1. The van der Waals surface area contributed by atoms with Gasteiger partial charge in [-0.15, -0.1) is 36.2 Å². The summed E-state index contributed by atoms with van der Waals surface area (Å²) in [5.41, 5.74) is 1.15. The van der Waals surface area contributed by atoms with Crippen LogP contribution in [0.25, 0.3) is 0 Å². The number of nitrogens with zero attached hydrogens (tertiary/aromatic N) is 1. The molecule has 0 spiro atoms. The van der Waals surface area contributed by atoms with Crippen molar-refractivity contribution in [1.29, 1.82) is 0 Å². The van der Waals surface area contributed by atoms with Crippen LogP contribution in [0.3, 0.4) is 0 Å². The molecule has 0 aliphatic carbocycles. The van der Waals surface area contributed by atoms with E-state index in [-0.39, 0.29) is 30.9 Å². The van der Waals surface area contributed by atoms with Crippen molar-refractivity contribution in [2.45, 2.75) is 10.9 Å². The third kappa shape index (κ3) is 4.94. The molecular weight excluding hydrogens is 387 g/mol. The molecule has 0 bridgehead atoms. The van der Waals surface area contributed by atoms with E-state index >= 15 is 0 Å². The molecule has 4 nitrogen and oxygen atoms in total. The van der Waals surface area contributed by atoms with Gasteiger partial charge in [-0.05, 0) is 29.1 Å². The summed E-state index contributed by atoms with van der Waals surface area (Å²) in [5, 5.41) is 5.47. The van der Waals surface area contributed by atoms with Crippen LogP contribution >= 0.6 is 36.2 Å². The van der Waals surface area contributed by atoms with Crippen LogP contribution in [0, 0.1) is 0 Å². The van der Waals surface area contributed by atoms with Crippen LogP contribution in [0.15, 0.2) is 46.7 Å². The first-order valence-corrected chi connectivity index (χ1v) is 10.1. The summed E-state index contributed by atoms with van der Waals surface area (Å²) < 4.78 is 23.3. The topological polar surface area (TPSA) is 49.4 Å². The molecule has 2 heterocycles. The molecule has 1 atom stereocenters. The van der Waals surface area contributed by atoms with Gasteiger partial charge >= 0.3 is 0 Å². The summed E-state index contributed by atoms with van der Waals surface area (Å²) in [6.45, 7) is 3.97. The van der Waals surface area contributed by atoms with Crippen LogP contribution < -0.4 is 5.32 Å². The number of nitrogens with one attached hydrogen (secondary N) is 1. The second kappa shape index (κ2) is 9.17. The van der Waals surface area contributed by atoms with Gasteiger partial charge in [0.05, 0.1) is 10.9 Å². The lowest BCUT2D eigenvalue weighted by molar-refractivity contribution is 0.200. The summed E-state index contributed by atoms with van der Waals surface area (Å²) in [6.07, 6.45) is 1.25. The summed E-state index contributed by atoms with van der Waals surface area (Å²) in [7, 11) is -3.14. The first-order valence-electron chi connectivity index (χ1n) is 7.34. The molecule has 1 fully saturated rings. The SMILES string of the molecule is CS(=O)(=O)c1ccc([C@H](c2cccs2)N2CCNCC2)cc1.Cl.Cl. The second-order valence-corrected chi connectivity index (χ2v) is 8.54. The lowest BCUT2D eigenvalue weighted by Crippen LogP contribution is -2.45. The van der Waals surface area contributed by atoms with Crippen molar-refractivity contribution in [3.05, 3.63) is 52.2 Å². The average Bonchev–Trinajstić information content (AvgIpc) is 3.02. The van der Waals surface area contributed by atoms with Crippen molar-refractivity contribution in [3.63, 3.8) is 0 Å². The number of piperazine rings is 1. The van der Waals surface area contributed by atoms with Crippen molar-refractivity contribution in [1.82, 2.24) is 10.2 Å². The van der Waals surface area contributed by atoms with Gasteiger partial charge in [0, 0.05) is 37.3 Å². The number of rotatable bonds is 4. The van der Waals surface area contributed by atoms with Gasteiger partial charge in [0.15, 0.2) is 9.84 Å². The van der Waals surface area contributed by atoms with E-state index in [2.05, 4.69) is 27.7 Å². The molecule has 1 saturated heterocycles. The molecule has 1 aromatic carbocycles. The Hall–Kier alpha value is -0.630. The van der Waals surface area contributed by atoms with E-state index in [1.54, 1.807) is 23.5 Å². The van der Waals surface area contributed by atoms with Crippen LogP contribution in [0.1, 0.15) is 16.5 Å². The maximum absolute atomic E-state index is 11.6. The quantitative estimate of drug-likeness (QED) is 0.844. The molecule has 1 N–H and O–H groups in total. The molecule has 1 aromatic heterocycles. The smallest absolute Gasteiger partial charge is 0.175 e. The highest BCUT2D eigenvalue weighted by molar-refractivity contribution is 7.90. The van der Waals surface area contributed by atoms with E-state index in [1.807, 2.05) is 12.1 Å². The number of halogens is 2. The normalized spacial score (nSPS) is 16.7. The molecule has 0 amide bonds. The van der Waals surface area contributed by atoms with Gasteiger partial charge in [0.1, 0.15) is 0 Å². The van der Waals surface area contributed by atoms with Gasteiger partial charge in [-0.3, -0.25) is 4.90 Å². The van der Waals surface area contributed by atoms with Crippen LogP contribution in [-0.2, 0) is 9.84 Å². The maximum Gasteiger partial charge on any atom is 0.175 e. The predicted octanol–water partition coefficient (Wildman–Crippen LogP) is 2.99. The fourth-order valence-corrected chi connectivity index (χ4v) is 4.36. The molecule has 0 saturated carbocycles. The fraction of sp³-hybridized carbons (Fsp3) is 0.375. The second-order valence-electron chi connectivity index (χ2n) is 5.55. The summed E-state index contributed by atoms with van der Waals surface area (Å²) in [6, 6.07) is 11.8. The Bertz CT molecular complexity index is 713. The highest BCUT2D eigenvalue weighted by Crippen LogP contribution is 2.32. The Labute approximate surface area is 160 Å². The first-order chi connectivity index (χ1) is 10.6. The Kier molecular flexibility index (Phi) is 8.19. The zero-order valence-electron chi connectivity index (χ0n) is 13.3. The molecular formula is C16H22Cl2N2O2S2. The molecule has 0 unspecified atom stereocenters. The molecule has 8 heteroatoms.